The van der Waals surface area contributed by atoms with Crippen molar-refractivity contribution in [1.29, 1.82) is 0 Å². The molecule has 3 rings (SSSR count). The molecule has 0 atom stereocenters. The van der Waals surface area contributed by atoms with Crippen LogP contribution in [0, 0.1) is 6.92 Å². The van der Waals surface area contributed by atoms with Crippen molar-refractivity contribution in [3.8, 4) is 11.3 Å². The van der Waals surface area contributed by atoms with E-state index in [-0.39, 0.29) is 5.82 Å². The number of carbonyl (C=O) groups is 1. The Balaban J connectivity index is 2.09. The Labute approximate surface area is 102 Å². The fourth-order valence-corrected chi connectivity index (χ4v) is 1.90. The van der Waals surface area contributed by atoms with Crippen LogP contribution >= 0.6 is 0 Å². The minimum absolute atomic E-state index is 0.158. The summed E-state index contributed by atoms with van der Waals surface area (Å²) in [6, 6.07) is 5.79. The Morgan fingerprint density at radius 1 is 1.33 bits per heavy atom. The summed E-state index contributed by atoms with van der Waals surface area (Å²) in [7, 11) is 0. The molecule has 2 aromatic heterocycles. The number of hydrogen-bond acceptors (Lipinski definition) is 3. The summed E-state index contributed by atoms with van der Waals surface area (Å²) in [6.07, 6.45) is 1.59. The number of amides is 1. The molecule has 3 aromatic rings. The van der Waals surface area contributed by atoms with Crippen LogP contribution in [0.5, 0.6) is 0 Å². The summed E-state index contributed by atoms with van der Waals surface area (Å²) >= 11 is 0. The molecule has 0 saturated heterocycles. The van der Waals surface area contributed by atoms with Gasteiger partial charge in [0.2, 0.25) is 0 Å². The molecule has 6 heteroatoms. The summed E-state index contributed by atoms with van der Waals surface area (Å²) in [4.78, 5) is 25.3. The van der Waals surface area contributed by atoms with Gasteiger partial charge in [-0.25, -0.2) is 9.97 Å². The second-order valence-corrected chi connectivity index (χ2v) is 4.06. The number of aryl methyl sites for hydroxylation is 1. The second kappa shape index (κ2) is 3.69. The van der Waals surface area contributed by atoms with Gasteiger partial charge in [0.1, 0.15) is 5.82 Å². The van der Waals surface area contributed by atoms with Gasteiger partial charge in [-0.1, -0.05) is 6.07 Å². The van der Waals surface area contributed by atoms with Gasteiger partial charge in [0.25, 0.3) is 5.91 Å². The largest absolute Gasteiger partial charge is 0.363 e. The van der Waals surface area contributed by atoms with E-state index in [4.69, 9.17) is 5.73 Å². The van der Waals surface area contributed by atoms with Crippen molar-refractivity contribution in [3.05, 3.63) is 36.0 Å². The summed E-state index contributed by atoms with van der Waals surface area (Å²) in [6.45, 7) is 1.90. The first kappa shape index (κ1) is 10.5. The number of carbonyl (C=O) groups excluding carboxylic acids is 1. The van der Waals surface area contributed by atoms with E-state index < -0.39 is 5.91 Å². The molecule has 0 spiro atoms. The molecule has 90 valence electrons. The fourth-order valence-electron chi connectivity index (χ4n) is 1.90. The lowest BCUT2D eigenvalue weighted by atomic mass is 10.1. The summed E-state index contributed by atoms with van der Waals surface area (Å²) in [5, 5.41) is 0. The second-order valence-electron chi connectivity index (χ2n) is 4.06. The number of aromatic nitrogens is 4. The molecule has 2 heterocycles. The average molecular weight is 241 g/mol. The van der Waals surface area contributed by atoms with Crippen LogP contribution in [0.3, 0.4) is 0 Å². The van der Waals surface area contributed by atoms with E-state index in [0.29, 0.717) is 0 Å². The molecule has 1 amide bonds. The molecule has 0 aliphatic rings. The standard InChI is InChI=1S/C12H11N5O/c1-6-15-8-3-2-7(4-9(8)16-6)10-5-14-12(17-10)11(13)18/h2-5H,1H3,(H2,13,18)(H,14,17)(H,15,16). The van der Waals surface area contributed by atoms with Crippen LogP contribution in [0.15, 0.2) is 24.4 Å². The quantitative estimate of drug-likeness (QED) is 0.631. The van der Waals surface area contributed by atoms with Crippen molar-refractivity contribution in [2.24, 2.45) is 5.73 Å². The molecule has 0 fully saturated rings. The molecule has 4 N–H and O–H groups in total. The molecule has 0 saturated carbocycles. The zero-order valence-corrected chi connectivity index (χ0v) is 9.69. The Hall–Kier alpha value is -2.63. The van der Waals surface area contributed by atoms with Crippen molar-refractivity contribution in [2.45, 2.75) is 6.92 Å². The number of rotatable bonds is 2. The molecule has 0 unspecified atom stereocenters. The first-order chi connectivity index (χ1) is 8.63. The number of H-pyrrole nitrogens is 2. The smallest absolute Gasteiger partial charge is 0.284 e. The maximum atomic E-state index is 11.0. The first-order valence-corrected chi connectivity index (χ1v) is 5.45. The molecular weight excluding hydrogens is 230 g/mol. The Morgan fingerprint density at radius 3 is 2.89 bits per heavy atom. The molecule has 0 radical (unpaired) electrons. The van der Waals surface area contributed by atoms with Crippen LogP contribution < -0.4 is 5.73 Å². The van der Waals surface area contributed by atoms with Crippen molar-refractivity contribution in [1.82, 2.24) is 19.9 Å². The molecule has 0 aliphatic heterocycles. The monoisotopic (exact) mass is 241 g/mol. The maximum absolute atomic E-state index is 11.0. The zero-order valence-electron chi connectivity index (χ0n) is 9.69. The van der Waals surface area contributed by atoms with E-state index in [1.165, 1.54) is 0 Å². The number of fused-ring (bicyclic) bond motifs is 1. The maximum Gasteiger partial charge on any atom is 0.284 e. The lowest BCUT2D eigenvalue weighted by Crippen LogP contribution is -2.12. The number of nitrogens with zero attached hydrogens (tertiary/aromatic N) is 2. The van der Waals surface area contributed by atoms with Gasteiger partial charge >= 0.3 is 0 Å². The minimum atomic E-state index is -0.570. The highest BCUT2D eigenvalue weighted by Crippen LogP contribution is 2.21. The van der Waals surface area contributed by atoms with Crippen LogP contribution in [0.1, 0.15) is 16.4 Å². The van der Waals surface area contributed by atoms with Gasteiger partial charge < -0.3 is 15.7 Å². The molecule has 6 nitrogen and oxygen atoms in total. The van der Waals surface area contributed by atoms with Gasteiger partial charge in [-0.05, 0) is 19.1 Å². The Bertz CT molecular complexity index is 740. The number of hydrogen-bond donors (Lipinski definition) is 3. The Kier molecular flexibility index (Phi) is 2.16. The SMILES string of the molecule is Cc1nc2ccc(-c3cnc(C(N)=O)[nH]3)cc2[nH]1. The summed E-state index contributed by atoms with van der Waals surface area (Å²) in [5.41, 5.74) is 8.67. The van der Waals surface area contributed by atoms with Crippen LogP contribution in [-0.2, 0) is 0 Å². The zero-order chi connectivity index (χ0) is 12.7. The molecule has 0 bridgehead atoms. The van der Waals surface area contributed by atoms with E-state index in [9.17, 15) is 4.79 Å². The highest BCUT2D eigenvalue weighted by atomic mass is 16.1. The van der Waals surface area contributed by atoms with Crippen molar-refractivity contribution >= 4 is 16.9 Å². The fraction of sp³-hybridized carbons (Fsp3) is 0.0833. The number of nitrogens with two attached hydrogens (primary N) is 1. The third kappa shape index (κ3) is 1.64. The Morgan fingerprint density at radius 2 is 2.17 bits per heavy atom. The summed E-state index contributed by atoms with van der Waals surface area (Å²) in [5.74, 6) is 0.454. The third-order valence-electron chi connectivity index (χ3n) is 2.72. The van der Waals surface area contributed by atoms with E-state index in [2.05, 4.69) is 19.9 Å². The van der Waals surface area contributed by atoms with Gasteiger partial charge in [-0.3, -0.25) is 4.79 Å². The molecular formula is C12H11N5O. The van der Waals surface area contributed by atoms with Crippen LogP contribution in [-0.4, -0.2) is 25.8 Å². The molecule has 1 aromatic carbocycles. The van der Waals surface area contributed by atoms with Crippen LogP contribution in [0.4, 0.5) is 0 Å². The molecule has 0 aliphatic carbocycles. The van der Waals surface area contributed by atoms with Gasteiger partial charge in [0.15, 0.2) is 5.82 Å². The van der Waals surface area contributed by atoms with Gasteiger partial charge in [0.05, 0.1) is 22.9 Å². The van der Waals surface area contributed by atoms with Crippen molar-refractivity contribution in [3.63, 3.8) is 0 Å². The van der Waals surface area contributed by atoms with E-state index >= 15 is 0 Å². The third-order valence-corrected chi connectivity index (χ3v) is 2.72. The number of benzene rings is 1. The first-order valence-electron chi connectivity index (χ1n) is 5.45. The van der Waals surface area contributed by atoms with Crippen LogP contribution in [0.25, 0.3) is 22.3 Å². The topological polar surface area (TPSA) is 100 Å². The highest BCUT2D eigenvalue weighted by molar-refractivity contribution is 5.90. The lowest BCUT2D eigenvalue weighted by Gasteiger charge is -1.97. The predicted octanol–water partition coefficient (Wildman–Crippen LogP) is 1.36. The normalized spacial score (nSPS) is 10.9. The highest BCUT2D eigenvalue weighted by Gasteiger charge is 2.08. The average Bonchev–Trinajstić information content (AvgIpc) is 2.91. The van der Waals surface area contributed by atoms with Gasteiger partial charge in [-0.2, -0.15) is 0 Å². The van der Waals surface area contributed by atoms with E-state index in [0.717, 1.165) is 28.1 Å². The number of primary amides is 1. The van der Waals surface area contributed by atoms with Crippen molar-refractivity contribution < 1.29 is 4.79 Å². The van der Waals surface area contributed by atoms with Gasteiger partial charge in [-0.15, -0.1) is 0 Å². The van der Waals surface area contributed by atoms with E-state index in [1.807, 2.05) is 25.1 Å². The predicted molar refractivity (Wildman–Crippen MR) is 66.9 cm³/mol. The number of nitrogens with one attached hydrogen (secondary N) is 2. The number of imidazole rings is 2. The van der Waals surface area contributed by atoms with Gasteiger partial charge in [0, 0.05) is 5.56 Å². The van der Waals surface area contributed by atoms with Crippen LogP contribution in [0.2, 0.25) is 0 Å². The number of aromatic amines is 2. The minimum Gasteiger partial charge on any atom is -0.363 e. The molecule has 18 heavy (non-hydrogen) atoms. The van der Waals surface area contributed by atoms with Crippen molar-refractivity contribution in [2.75, 3.05) is 0 Å². The summed E-state index contributed by atoms with van der Waals surface area (Å²) < 4.78 is 0. The van der Waals surface area contributed by atoms with E-state index in [1.54, 1.807) is 6.20 Å². The lowest BCUT2D eigenvalue weighted by molar-refractivity contribution is 0.0991.